The fourth-order valence-electron chi connectivity index (χ4n) is 3.20. The van der Waals surface area contributed by atoms with E-state index in [-0.39, 0.29) is 6.10 Å². The summed E-state index contributed by atoms with van der Waals surface area (Å²) in [6, 6.07) is 2.51. The van der Waals surface area contributed by atoms with E-state index in [2.05, 4.69) is 37.9 Å². The van der Waals surface area contributed by atoms with Gasteiger partial charge in [0.2, 0.25) is 0 Å². The van der Waals surface area contributed by atoms with Crippen molar-refractivity contribution in [2.45, 2.75) is 39.3 Å². The summed E-state index contributed by atoms with van der Waals surface area (Å²) in [4.78, 5) is 13.3. The van der Waals surface area contributed by atoms with E-state index in [4.69, 9.17) is 0 Å². The van der Waals surface area contributed by atoms with E-state index in [1.807, 2.05) is 18.4 Å². The lowest BCUT2D eigenvalue weighted by molar-refractivity contribution is 0.0883. The number of hydrogen-bond donors (Lipinski definition) is 1. The molecule has 1 fully saturated rings. The van der Waals surface area contributed by atoms with E-state index in [0.29, 0.717) is 11.8 Å². The maximum Gasteiger partial charge on any atom is 0.254 e. The predicted molar refractivity (Wildman–Crippen MR) is 85.1 cm³/mol. The van der Waals surface area contributed by atoms with Crippen molar-refractivity contribution in [1.82, 2.24) is 24.5 Å². The second kappa shape index (κ2) is 6.18. The molecule has 7 nitrogen and oxygen atoms in total. The minimum Gasteiger partial charge on any atom is -0.392 e. The molecule has 1 aliphatic rings. The van der Waals surface area contributed by atoms with Crippen LogP contribution in [0.4, 0.5) is 5.82 Å². The van der Waals surface area contributed by atoms with Crippen LogP contribution in [0.5, 0.6) is 0 Å². The van der Waals surface area contributed by atoms with Gasteiger partial charge in [0.25, 0.3) is 5.78 Å². The van der Waals surface area contributed by atoms with Crippen LogP contribution in [-0.2, 0) is 0 Å². The first-order chi connectivity index (χ1) is 10.6. The van der Waals surface area contributed by atoms with E-state index in [9.17, 15) is 5.11 Å². The third-order valence-corrected chi connectivity index (χ3v) is 4.26. The maximum atomic E-state index is 9.66. The van der Waals surface area contributed by atoms with E-state index >= 15 is 0 Å². The highest BCUT2D eigenvalue weighted by Crippen LogP contribution is 2.21. The number of hydrogen-bond acceptors (Lipinski definition) is 6. The van der Waals surface area contributed by atoms with Gasteiger partial charge in [0.05, 0.1) is 6.10 Å². The molecule has 0 amide bonds. The zero-order valence-corrected chi connectivity index (χ0v) is 13.5. The molecule has 0 saturated carbocycles. The smallest absolute Gasteiger partial charge is 0.254 e. The second-order valence-electron chi connectivity index (χ2n) is 6.08. The highest BCUT2D eigenvalue weighted by atomic mass is 16.3. The molecular weight excluding hydrogens is 280 g/mol. The molecule has 22 heavy (non-hydrogen) atoms. The average Bonchev–Trinajstić information content (AvgIpc) is 2.94. The Labute approximate surface area is 130 Å². The van der Waals surface area contributed by atoms with Crippen molar-refractivity contribution in [3.63, 3.8) is 0 Å². The molecule has 2 aromatic heterocycles. The number of anilines is 1. The molecule has 2 aromatic rings. The molecule has 2 atom stereocenters. The summed E-state index contributed by atoms with van der Waals surface area (Å²) in [5.74, 6) is 1.70. The molecule has 120 valence electrons. The Hall–Kier alpha value is -1.73. The Bertz CT molecular complexity index is 640. The van der Waals surface area contributed by atoms with E-state index in [0.717, 1.165) is 44.1 Å². The molecule has 2 unspecified atom stereocenters. The molecule has 0 bridgehead atoms. The van der Waals surface area contributed by atoms with Gasteiger partial charge in [0, 0.05) is 44.0 Å². The van der Waals surface area contributed by atoms with Gasteiger partial charge in [-0.05, 0) is 20.3 Å². The van der Waals surface area contributed by atoms with Crippen LogP contribution < -0.4 is 4.90 Å². The number of piperazine rings is 1. The van der Waals surface area contributed by atoms with Gasteiger partial charge in [-0.25, -0.2) is 4.98 Å². The maximum absolute atomic E-state index is 9.66. The van der Waals surface area contributed by atoms with Crippen LogP contribution in [0.25, 0.3) is 5.78 Å². The van der Waals surface area contributed by atoms with Crippen LogP contribution in [0, 0.1) is 6.92 Å². The zero-order chi connectivity index (χ0) is 15.7. The Morgan fingerprint density at radius 1 is 1.41 bits per heavy atom. The summed E-state index contributed by atoms with van der Waals surface area (Å²) in [6.45, 7) is 9.57. The van der Waals surface area contributed by atoms with Gasteiger partial charge in [0.15, 0.2) is 0 Å². The lowest BCUT2D eigenvalue weighted by atomic mass is 10.1. The van der Waals surface area contributed by atoms with Crippen LogP contribution in [0.1, 0.15) is 26.0 Å². The molecule has 1 aliphatic heterocycles. The van der Waals surface area contributed by atoms with Crippen LogP contribution in [-0.4, -0.2) is 67.9 Å². The van der Waals surface area contributed by atoms with E-state index in [1.165, 1.54) is 0 Å². The largest absolute Gasteiger partial charge is 0.392 e. The third kappa shape index (κ3) is 2.91. The molecule has 1 N–H and O–H groups in total. The SMILES string of the molecule is CCC1CN(c2cc(C)nc3ncnn23)CCN1CC(C)O. The minimum absolute atomic E-state index is 0.286. The van der Waals surface area contributed by atoms with Crippen molar-refractivity contribution < 1.29 is 5.11 Å². The van der Waals surface area contributed by atoms with Gasteiger partial charge in [-0.2, -0.15) is 14.6 Å². The lowest BCUT2D eigenvalue weighted by Crippen LogP contribution is -2.55. The van der Waals surface area contributed by atoms with Crippen molar-refractivity contribution in [3.8, 4) is 0 Å². The summed E-state index contributed by atoms with van der Waals surface area (Å²) >= 11 is 0. The molecule has 0 aliphatic carbocycles. The normalized spacial score (nSPS) is 21.5. The van der Waals surface area contributed by atoms with Crippen molar-refractivity contribution in [1.29, 1.82) is 0 Å². The van der Waals surface area contributed by atoms with Crippen LogP contribution in [0.3, 0.4) is 0 Å². The second-order valence-corrected chi connectivity index (χ2v) is 6.08. The number of rotatable bonds is 4. The number of β-amino-alcohol motifs (C(OH)–C–C–N with tert-alkyl or cyclic N) is 1. The highest BCUT2D eigenvalue weighted by Gasteiger charge is 2.28. The van der Waals surface area contributed by atoms with Crippen LogP contribution in [0.15, 0.2) is 12.4 Å². The number of nitrogens with zero attached hydrogens (tertiary/aromatic N) is 6. The highest BCUT2D eigenvalue weighted by molar-refractivity contribution is 5.47. The zero-order valence-electron chi connectivity index (χ0n) is 13.5. The Morgan fingerprint density at radius 3 is 2.95 bits per heavy atom. The number of aryl methyl sites for hydroxylation is 1. The van der Waals surface area contributed by atoms with Crippen LogP contribution >= 0.6 is 0 Å². The minimum atomic E-state index is -0.286. The lowest BCUT2D eigenvalue weighted by Gasteiger charge is -2.42. The van der Waals surface area contributed by atoms with Gasteiger partial charge in [-0.3, -0.25) is 4.90 Å². The number of aliphatic hydroxyl groups is 1. The first kappa shape index (κ1) is 15.2. The van der Waals surface area contributed by atoms with E-state index in [1.54, 1.807) is 6.33 Å². The average molecular weight is 304 g/mol. The number of fused-ring (bicyclic) bond motifs is 1. The van der Waals surface area contributed by atoms with Crippen molar-refractivity contribution >= 4 is 11.6 Å². The van der Waals surface area contributed by atoms with Gasteiger partial charge in [0.1, 0.15) is 12.1 Å². The molecule has 0 radical (unpaired) electrons. The van der Waals surface area contributed by atoms with Crippen molar-refractivity contribution in [2.75, 3.05) is 31.1 Å². The van der Waals surface area contributed by atoms with Crippen LogP contribution in [0.2, 0.25) is 0 Å². The first-order valence-corrected chi connectivity index (χ1v) is 7.93. The number of aromatic nitrogens is 4. The monoisotopic (exact) mass is 304 g/mol. The summed E-state index contributed by atoms with van der Waals surface area (Å²) in [5.41, 5.74) is 0.954. The number of aliphatic hydroxyl groups excluding tert-OH is 1. The standard InChI is InChI=1S/C15H24N6O/c1-4-13-9-20(6-5-19(13)8-12(3)22)14-7-11(2)18-15-16-10-17-21(14)15/h7,10,12-13,22H,4-6,8-9H2,1-3H3. The Balaban J connectivity index is 1.85. The predicted octanol–water partition coefficient (Wildman–Crippen LogP) is 0.714. The molecule has 7 heteroatoms. The van der Waals surface area contributed by atoms with Crippen molar-refractivity contribution in [2.24, 2.45) is 0 Å². The van der Waals surface area contributed by atoms with Crippen molar-refractivity contribution in [3.05, 3.63) is 18.1 Å². The van der Waals surface area contributed by atoms with Gasteiger partial charge < -0.3 is 10.0 Å². The Kier molecular flexibility index (Phi) is 4.26. The fourth-order valence-corrected chi connectivity index (χ4v) is 3.20. The van der Waals surface area contributed by atoms with Gasteiger partial charge in [-0.15, -0.1) is 0 Å². The van der Waals surface area contributed by atoms with Gasteiger partial charge >= 0.3 is 0 Å². The molecule has 0 aromatic carbocycles. The third-order valence-electron chi connectivity index (χ3n) is 4.26. The van der Waals surface area contributed by atoms with E-state index < -0.39 is 0 Å². The summed E-state index contributed by atoms with van der Waals surface area (Å²) < 4.78 is 1.81. The molecule has 0 spiro atoms. The molecule has 1 saturated heterocycles. The first-order valence-electron chi connectivity index (χ1n) is 7.93. The summed E-state index contributed by atoms with van der Waals surface area (Å²) in [7, 11) is 0. The molecule has 3 rings (SSSR count). The van der Waals surface area contributed by atoms with Gasteiger partial charge in [-0.1, -0.05) is 6.92 Å². The topological polar surface area (TPSA) is 69.8 Å². The Morgan fingerprint density at radius 2 is 2.23 bits per heavy atom. The fraction of sp³-hybridized carbons (Fsp3) is 0.667. The molecule has 3 heterocycles. The summed E-state index contributed by atoms with van der Waals surface area (Å²) in [5, 5.41) is 14.0. The summed E-state index contributed by atoms with van der Waals surface area (Å²) in [6.07, 6.45) is 2.32. The molecular formula is C15H24N6O. The quantitative estimate of drug-likeness (QED) is 0.897.